The van der Waals surface area contributed by atoms with E-state index < -0.39 is 12.1 Å². The minimum atomic E-state index is -0.548. The van der Waals surface area contributed by atoms with Crippen molar-refractivity contribution in [3.8, 4) is 0 Å². The first-order valence-electron chi connectivity index (χ1n) is 5.71. The summed E-state index contributed by atoms with van der Waals surface area (Å²) >= 11 is 0. The first kappa shape index (κ1) is 15.1. The predicted octanol–water partition coefficient (Wildman–Crippen LogP) is 0.952. The van der Waals surface area contributed by atoms with Crippen LogP contribution in [0.3, 0.4) is 0 Å². The van der Waals surface area contributed by atoms with Gasteiger partial charge in [-0.3, -0.25) is 9.59 Å². The molecule has 0 bridgehead atoms. The number of nitrogens with two attached hydrogens (primary N) is 1. The molecule has 0 rings (SSSR count). The molecule has 4 heteroatoms. The van der Waals surface area contributed by atoms with E-state index in [-0.39, 0.29) is 11.8 Å². The largest absolute Gasteiger partial charge is 0.334 e. The average molecular weight is 227 g/mol. The van der Waals surface area contributed by atoms with Crippen LogP contribution in [-0.4, -0.2) is 36.2 Å². The van der Waals surface area contributed by atoms with Crippen LogP contribution in [-0.2, 0) is 9.59 Å². The maximum absolute atomic E-state index is 11.9. The Bertz CT molecular complexity index is 239. The van der Waals surface area contributed by atoms with Gasteiger partial charge < -0.3 is 10.6 Å². The summed E-state index contributed by atoms with van der Waals surface area (Å²) in [5.74, 6) is 0.224. The molecule has 1 unspecified atom stereocenters. The Balaban J connectivity index is 4.55. The number of carbonyl (C=O) groups is 1. The normalized spacial score (nSPS) is 15.0. The number of hydrogen-bond acceptors (Lipinski definition) is 3. The van der Waals surface area contributed by atoms with Crippen molar-refractivity contribution in [2.75, 3.05) is 7.05 Å². The van der Waals surface area contributed by atoms with Gasteiger partial charge in [0.25, 0.3) is 0 Å². The summed E-state index contributed by atoms with van der Waals surface area (Å²) in [5.41, 5.74) is 5.76. The van der Waals surface area contributed by atoms with Crippen molar-refractivity contribution >= 4 is 12.2 Å². The first-order valence-corrected chi connectivity index (χ1v) is 5.71. The van der Waals surface area contributed by atoms with E-state index in [1.54, 1.807) is 7.05 Å². The van der Waals surface area contributed by atoms with E-state index >= 15 is 0 Å². The molecule has 0 fully saturated rings. The molecule has 0 saturated heterocycles. The molecule has 0 saturated carbocycles. The standard InChI is InChI=1S/C12H23N2O2/c1-8(2)6-10(7-15)14(5)12(16)11(13)9(3)4/h8-11H,6,13H2,1-5H3/t10-,11?/m0/s1. The molecular formula is C12H23N2O2. The van der Waals surface area contributed by atoms with Crippen LogP contribution < -0.4 is 5.73 Å². The van der Waals surface area contributed by atoms with Gasteiger partial charge in [-0.25, -0.2) is 0 Å². The van der Waals surface area contributed by atoms with Crippen LogP contribution in [0.5, 0.6) is 0 Å². The fourth-order valence-corrected chi connectivity index (χ4v) is 1.41. The Kier molecular flexibility index (Phi) is 6.26. The highest BCUT2D eigenvalue weighted by Crippen LogP contribution is 2.11. The number of likely N-dealkylation sites (N-methyl/N-ethyl adjacent to an activating group) is 1. The zero-order valence-electron chi connectivity index (χ0n) is 10.9. The second kappa shape index (κ2) is 6.63. The van der Waals surface area contributed by atoms with Crippen LogP contribution in [0.25, 0.3) is 0 Å². The monoisotopic (exact) mass is 227 g/mol. The highest BCUT2D eigenvalue weighted by Gasteiger charge is 2.26. The maximum atomic E-state index is 11.9. The number of hydrogen-bond donors (Lipinski definition) is 1. The maximum Gasteiger partial charge on any atom is 0.240 e. The number of nitrogens with zero attached hydrogens (tertiary/aromatic N) is 1. The third kappa shape index (κ3) is 4.31. The summed E-state index contributed by atoms with van der Waals surface area (Å²) in [6.45, 7) is 7.78. The molecule has 0 heterocycles. The molecule has 0 aliphatic heterocycles. The minimum absolute atomic E-state index is 0.0707. The summed E-state index contributed by atoms with van der Waals surface area (Å²) in [6.07, 6.45) is 2.53. The van der Waals surface area contributed by atoms with Crippen LogP contribution in [0.1, 0.15) is 34.1 Å². The van der Waals surface area contributed by atoms with Crippen LogP contribution >= 0.6 is 0 Å². The summed E-state index contributed by atoms with van der Waals surface area (Å²) in [6, 6.07) is -1.04. The van der Waals surface area contributed by atoms with Crippen molar-refractivity contribution < 1.29 is 9.59 Å². The van der Waals surface area contributed by atoms with Gasteiger partial charge in [-0.1, -0.05) is 27.7 Å². The topological polar surface area (TPSA) is 63.4 Å². The fraction of sp³-hybridized carbons (Fsp3) is 0.833. The third-order valence-corrected chi connectivity index (χ3v) is 2.65. The number of carbonyl (C=O) groups excluding carboxylic acids is 2. The second-order valence-corrected chi connectivity index (χ2v) is 4.98. The second-order valence-electron chi connectivity index (χ2n) is 4.98. The van der Waals surface area contributed by atoms with E-state index in [0.717, 1.165) is 0 Å². The van der Waals surface area contributed by atoms with E-state index in [9.17, 15) is 9.59 Å². The van der Waals surface area contributed by atoms with Gasteiger partial charge in [0.15, 0.2) is 0 Å². The van der Waals surface area contributed by atoms with Crippen molar-refractivity contribution in [3.63, 3.8) is 0 Å². The lowest BCUT2D eigenvalue weighted by Crippen LogP contribution is -2.49. The van der Waals surface area contributed by atoms with Gasteiger partial charge in [0.05, 0.1) is 12.1 Å². The molecule has 4 nitrogen and oxygen atoms in total. The van der Waals surface area contributed by atoms with Crippen LogP contribution in [0.15, 0.2) is 0 Å². The summed E-state index contributed by atoms with van der Waals surface area (Å²) in [7, 11) is 1.61. The van der Waals surface area contributed by atoms with Gasteiger partial charge in [-0.2, -0.15) is 0 Å². The smallest absolute Gasteiger partial charge is 0.240 e. The van der Waals surface area contributed by atoms with Gasteiger partial charge in [0.2, 0.25) is 12.2 Å². The van der Waals surface area contributed by atoms with Crippen molar-refractivity contribution in [1.29, 1.82) is 0 Å². The fourth-order valence-electron chi connectivity index (χ4n) is 1.41. The molecule has 0 spiro atoms. The third-order valence-electron chi connectivity index (χ3n) is 2.65. The summed E-state index contributed by atoms with van der Waals surface area (Å²) < 4.78 is 0. The first-order chi connectivity index (χ1) is 7.31. The van der Waals surface area contributed by atoms with Crippen molar-refractivity contribution in [1.82, 2.24) is 4.90 Å². The Morgan fingerprint density at radius 3 is 2.12 bits per heavy atom. The SMILES string of the molecule is CC(C)C[C@@H]([C]=O)N(C)C(=O)C(N)C(C)C. The quantitative estimate of drug-likeness (QED) is 0.735. The van der Waals surface area contributed by atoms with Crippen LogP contribution in [0.4, 0.5) is 0 Å². The van der Waals surface area contributed by atoms with Gasteiger partial charge in [-0.05, 0) is 18.3 Å². The molecule has 93 valence electrons. The molecule has 1 radical (unpaired) electrons. The van der Waals surface area contributed by atoms with Gasteiger partial charge in [0.1, 0.15) is 0 Å². The zero-order chi connectivity index (χ0) is 12.9. The molecule has 1 amide bonds. The summed E-state index contributed by atoms with van der Waals surface area (Å²) in [5, 5.41) is 0. The number of amides is 1. The highest BCUT2D eigenvalue weighted by atomic mass is 16.2. The lowest BCUT2D eigenvalue weighted by atomic mass is 10.0. The molecule has 0 aromatic rings. The Labute approximate surface area is 98.2 Å². The Morgan fingerprint density at radius 1 is 1.31 bits per heavy atom. The molecule has 0 aliphatic carbocycles. The molecule has 16 heavy (non-hydrogen) atoms. The lowest BCUT2D eigenvalue weighted by molar-refractivity contribution is -0.133. The van der Waals surface area contributed by atoms with E-state index in [4.69, 9.17) is 5.73 Å². The lowest BCUT2D eigenvalue weighted by Gasteiger charge is -2.28. The van der Waals surface area contributed by atoms with Crippen LogP contribution in [0, 0.1) is 11.8 Å². The average Bonchev–Trinajstić information content (AvgIpc) is 2.22. The molecular weight excluding hydrogens is 204 g/mol. The van der Waals surface area contributed by atoms with Crippen molar-refractivity contribution in [2.45, 2.75) is 46.2 Å². The minimum Gasteiger partial charge on any atom is -0.334 e. The van der Waals surface area contributed by atoms with Gasteiger partial charge in [0, 0.05) is 7.05 Å². The zero-order valence-corrected chi connectivity index (χ0v) is 10.9. The number of rotatable bonds is 6. The molecule has 0 aromatic carbocycles. The Hall–Kier alpha value is -0.900. The highest BCUT2D eigenvalue weighted by molar-refractivity contribution is 5.84. The van der Waals surface area contributed by atoms with E-state index in [1.165, 1.54) is 4.90 Å². The van der Waals surface area contributed by atoms with Gasteiger partial charge in [-0.15, -0.1) is 0 Å². The van der Waals surface area contributed by atoms with E-state index in [1.807, 2.05) is 34.0 Å². The Morgan fingerprint density at radius 2 is 1.81 bits per heavy atom. The molecule has 2 atom stereocenters. The molecule has 0 aliphatic rings. The van der Waals surface area contributed by atoms with Crippen LogP contribution in [0.2, 0.25) is 0 Å². The van der Waals surface area contributed by atoms with Crippen molar-refractivity contribution in [2.24, 2.45) is 17.6 Å². The molecule has 0 aromatic heterocycles. The molecule has 2 N–H and O–H groups in total. The predicted molar refractivity (Wildman–Crippen MR) is 64.5 cm³/mol. The van der Waals surface area contributed by atoms with Crippen molar-refractivity contribution in [3.05, 3.63) is 0 Å². The van der Waals surface area contributed by atoms with Gasteiger partial charge >= 0.3 is 0 Å². The van der Waals surface area contributed by atoms with E-state index in [0.29, 0.717) is 12.3 Å². The summed E-state index contributed by atoms with van der Waals surface area (Å²) in [4.78, 5) is 24.1. The van der Waals surface area contributed by atoms with E-state index in [2.05, 4.69) is 0 Å².